The minimum atomic E-state index is -2.88. The van der Waals surface area contributed by atoms with Gasteiger partial charge in [0.2, 0.25) is 0 Å². The summed E-state index contributed by atoms with van der Waals surface area (Å²) >= 11 is 1.15. The van der Waals surface area contributed by atoms with Crippen molar-refractivity contribution in [2.75, 3.05) is 0 Å². The number of esters is 1. The third-order valence-corrected chi connectivity index (χ3v) is 4.39. The average Bonchev–Trinajstić information content (AvgIpc) is 3.03. The number of carbonyl (C=O) groups excluding carboxylic acids is 1. The topological polar surface area (TPSA) is 74.2 Å². The number of benzene rings is 1. The Hall–Kier alpha value is -2.94. The fraction of sp³-hybridized carbons (Fsp3) is 0.176. The molecule has 0 aliphatic heterocycles. The summed E-state index contributed by atoms with van der Waals surface area (Å²) in [5.41, 5.74) is 1.18. The Bertz CT molecular complexity index is 886. The molecule has 0 aliphatic rings. The smallest absolute Gasteiger partial charge is 0.387 e. The Morgan fingerprint density at radius 1 is 1.19 bits per heavy atom. The number of carbonyl (C=O) groups is 1. The summed E-state index contributed by atoms with van der Waals surface area (Å²) in [6, 6.07) is 7.56. The van der Waals surface area contributed by atoms with Crippen LogP contribution in [0.1, 0.15) is 20.9 Å². The third kappa shape index (κ3) is 4.37. The molecule has 0 aliphatic carbocycles. The molecule has 0 bridgehead atoms. The second-order valence-corrected chi connectivity index (χ2v) is 6.10. The van der Waals surface area contributed by atoms with E-state index in [1.807, 2.05) is 0 Å². The lowest BCUT2D eigenvalue weighted by Crippen LogP contribution is -2.05. The van der Waals surface area contributed by atoms with Crippen LogP contribution in [0.25, 0.3) is 10.8 Å². The van der Waals surface area contributed by atoms with Crippen molar-refractivity contribution in [3.05, 3.63) is 58.9 Å². The normalized spacial score (nSPS) is 10.8. The molecule has 0 N–H and O–H groups in total. The second-order valence-electron chi connectivity index (χ2n) is 5.10. The molecule has 9 heteroatoms. The van der Waals surface area contributed by atoms with E-state index in [1.54, 1.807) is 37.5 Å². The van der Waals surface area contributed by atoms with Gasteiger partial charge in [-0.15, -0.1) is 11.3 Å². The fourth-order valence-electron chi connectivity index (χ4n) is 2.07. The largest absolute Gasteiger partial charge is 0.457 e. The lowest BCUT2D eigenvalue weighted by molar-refractivity contribution is -0.0498. The van der Waals surface area contributed by atoms with Gasteiger partial charge < -0.3 is 9.47 Å². The first-order valence-corrected chi connectivity index (χ1v) is 8.30. The van der Waals surface area contributed by atoms with Gasteiger partial charge in [0.15, 0.2) is 10.8 Å². The van der Waals surface area contributed by atoms with E-state index in [0.29, 0.717) is 27.0 Å². The van der Waals surface area contributed by atoms with Gasteiger partial charge in [0.1, 0.15) is 17.2 Å². The van der Waals surface area contributed by atoms with E-state index in [2.05, 4.69) is 19.7 Å². The maximum absolute atomic E-state index is 12.3. The van der Waals surface area contributed by atoms with Gasteiger partial charge in [0, 0.05) is 12.4 Å². The van der Waals surface area contributed by atoms with Gasteiger partial charge >= 0.3 is 12.6 Å². The zero-order valence-corrected chi connectivity index (χ0v) is 14.4. The van der Waals surface area contributed by atoms with Crippen molar-refractivity contribution in [3.63, 3.8) is 0 Å². The maximum Gasteiger partial charge on any atom is 0.387 e. The van der Waals surface area contributed by atoms with Crippen LogP contribution in [-0.4, -0.2) is 27.5 Å². The van der Waals surface area contributed by atoms with Crippen LogP contribution in [0.15, 0.2) is 42.7 Å². The van der Waals surface area contributed by atoms with Crippen LogP contribution in [0.3, 0.4) is 0 Å². The molecule has 0 atom stereocenters. The molecular formula is C17H13F2N3O3S. The van der Waals surface area contributed by atoms with E-state index in [4.69, 9.17) is 4.74 Å². The molecule has 0 saturated carbocycles. The van der Waals surface area contributed by atoms with Crippen molar-refractivity contribution in [2.24, 2.45) is 0 Å². The molecule has 0 spiro atoms. The number of hydrogen-bond donors (Lipinski definition) is 0. The lowest BCUT2D eigenvalue weighted by Gasteiger charge is -2.06. The van der Waals surface area contributed by atoms with Crippen LogP contribution >= 0.6 is 11.3 Å². The number of alkyl halides is 2. The van der Waals surface area contributed by atoms with Gasteiger partial charge in [0.05, 0.1) is 5.69 Å². The highest BCUT2D eigenvalue weighted by Crippen LogP contribution is 2.26. The summed E-state index contributed by atoms with van der Waals surface area (Å²) in [5.74, 6) is -0.0368. The van der Waals surface area contributed by atoms with Crippen LogP contribution in [0, 0.1) is 6.92 Å². The van der Waals surface area contributed by atoms with Gasteiger partial charge in [-0.2, -0.15) is 8.78 Å². The van der Waals surface area contributed by atoms with Crippen molar-refractivity contribution < 1.29 is 23.0 Å². The minimum absolute atomic E-state index is 0.00228. The molecule has 134 valence electrons. The van der Waals surface area contributed by atoms with E-state index >= 15 is 0 Å². The lowest BCUT2D eigenvalue weighted by atomic mass is 10.2. The highest BCUT2D eigenvalue weighted by Gasteiger charge is 2.18. The zero-order valence-electron chi connectivity index (χ0n) is 13.6. The van der Waals surface area contributed by atoms with E-state index in [-0.39, 0.29) is 12.4 Å². The molecular weight excluding hydrogens is 364 g/mol. The molecule has 26 heavy (non-hydrogen) atoms. The fourth-order valence-corrected chi connectivity index (χ4v) is 2.98. The van der Waals surface area contributed by atoms with E-state index < -0.39 is 12.6 Å². The molecule has 6 nitrogen and oxygen atoms in total. The van der Waals surface area contributed by atoms with E-state index in [9.17, 15) is 13.6 Å². The van der Waals surface area contributed by atoms with E-state index in [0.717, 1.165) is 11.3 Å². The van der Waals surface area contributed by atoms with Gasteiger partial charge in [-0.1, -0.05) is 12.1 Å². The Labute approximate surface area is 151 Å². The molecule has 3 aromatic rings. The number of halogens is 2. The number of aromatic nitrogens is 3. The Balaban J connectivity index is 1.64. The first-order valence-electron chi connectivity index (χ1n) is 7.48. The van der Waals surface area contributed by atoms with Crippen molar-refractivity contribution in [3.8, 4) is 16.6 Å². The molecule has 0 unspecified atom stereocenters. The number of rotatable bonds is 6. The van der Waals surface area contributed by atoms with Crippen molar-refractivity contribution in [1.82, 2.24) is 15.0 Å². The summed E-state index contributed by atoms with van der Waals surface area (Å²) in [6.45, 7) is -1.17. The van der Waals surface area contributed by atoms with Crippen LogP contribution in [-0.2, 0) is 11.3 Å². The van der Waals surface area contributed by atoms with Gasteiger partial charge in [0.25, 0.3) is 0 Å². The molecule has 0 saturated heterocycles. The van der Waals surface area contributed by atoms with E-state index in [1.165, 1.54) is 12.1 Å². The van der Waals surface area contributed by atoms with Gasteiger partial charge in [-0.3, -0.25) is 0 Å². The summed E-state index contributed by atoms with van der Waals surface area (Å²) in [7, 11) is 0. The number of thiazole rings is 1. The minimum Gasteiger partial charge on any atom is -0.457 e. The monoisotopic (exact) mass is 377 g/mol. The average molecular weight is 377 g/mol. The van der Waals surface area contributed by atoms with Crippen LogP contribution in [0.2, 0.25) is 0 Å². The van der Waals surface area contributed by atoms with Gasteiger partial charge in [-0.25, -0.2) is 19.7 Å². The molecule has 0 radical (unpaired) electrons. The van der Waals surface area contributed by atoms with Crippen LogP contribution < -0.4 is 4.74 Å². The summed E-state index contributed by atoms with van der Waals surface area (Å²) in [5, 5.41) is 0.531. The Kier molecular flexibility index (Phi) is 5.47. The van der Waals surface area contributed by atoms with Crippen molar-refractivity contribution in [2.45, 2.75) is 20.1 Å². The van der Waals surface area contributed by atoms with Crippen molar-refractivity contribution in [1.29, 1.82) is 0 Å². The number of ether oxygens (including phenoxy) is 2. The van der Waals surface area contributed by atoms with Crippen molar-refractivity contribution >= 4 is 17.3 Å². The van der Waals surface area contributed by atoms with Crippen LogP contribution in [0.4, 0.5) is 8.78 Å². The zero-order chi connectivity index (χ0) is 18.5. The number of hydrogen-bond acceptors (Lipinski definition) is 7. The molecule has 3 rings (SSSR count). The van der Waals surface area contributed by atoms with Gasteiger partial charge in [-0.05, 0) is 30.7 Å². The maximum atomic E-state index is 12.3. The van der Waals surface area contributed by atoms with Crippen LogP contribution in [0.5, 0.6) is 5.75 Å². The predicted molar refractivity (Wildman–Crippen MR) is 90.1 cm³/mol. The number of aryl methyl sites for hydroxylation is 1. The summed E-state index contributed by atoms with van der Waals surface area (Å²) < 4.78 is 33.8. The first kappa shape index (κ1) is 17.9. The first-order chi connectivity index (χ1) is 12.5. The summed E-state index contributed by atoms with van der Waals surface area (Å²) in [6.07, 6.45) is 3.19. The molecule has 0 amide bonds. The standard InChI is InChI=1S/C17H13F2N3O3S/c1-10-13(26-15(22-10)14-20-7-2-8-21-14)16(23)24-9-11-3-5-12(6-4-11)25-17(18)19/h2-8,17H,9H2,1H3. The summed E-state index contributed by atoms with van der Waals surface area (Å²) in [4.78, 5) is 25.2. The third-order valence-electron chi connectivity index (χ3n) is 3.26. The Morgan fingerprint density at radius 2 is 1.88 bits per heavy atom. The molecule has 1 aromatic carbocycles. The highest BCUT2D eigenvalue weighted by molar-refractivity contribution is 7.16. The number of nitrogens with zero attached hydrogens (tertiary/aromatic N) is 3. The Morgan fingerprint density at radius 3 is 2.54 bits per heavy atom. The molecule has 0 fully saturated rings. The second kappa shape index (κ2) is 7.96. The predicted octanol–water partition coefficient (Wildman–Crippen LogP) is 3.87. The SMILES string of the molecule is Cc1nc(-c2ncccn2)sc1C(=O)OCc1ccc(OC(F)F)cc1. The quantitative estimate of drug-likeness (QED) is 0.607. The molecule has 2 aromatic heterocycles. The molecule has 2 heterocycles. The highest BCUT2D eigenvalue weighted by atomic mass is 32.1.